The summed E-state index contributed by atoms with van der Waals surface area (Å²) in [7, 11) is -3.09. The number of halogens is 2. The standard InChI is InChI=1S/C15H13F2N3O5S/c1-19(9-15(21)18-14-6-5-10(16)7-13(14)17)26(24,25)12-4-2-3-11(8-12)20(22)23/h2-8H,9H2,1H3,(H,18,21). The molecule has 11 heteroatoms. The van der Waals surface area contributed by atoms with Gasteiger partial charge in [-0.3, -0.25) is 14.9 Å². The SMILES string of the molecule is CN(CC(=O)Nc1ccc(F)cc1F)S(=O)(=O)c1cccc([N+](=O)[O-])c1. The molecular formula is C15H13F2N3O5S. The van der Waals surface area contributed by atoms with Crippen LogP contribution in [-0.2, 0) is 14.8 Å². The van der Waals surface area contributed by atoms with Crippen molar-refractivity contribution in [2.75, 3.05) is 18.9 Å². The molecule has 0 fully saturated rings. The molecule has 0 saturated heterocycles. The van der Waals surface area contributed by atoms with Crippen molar-refractivity contribution in [3.05, 3.63) is 64.2 Å². The Labute approximate surface area is 147 Å². The normalized spacial score (nSPS) is 11.4. The molecule has 2 rings (SSSR count). The van der Waals surface area contributed by atoms with E-state index in [9.17, 15) is 32.1 Å². The van der Waals surface area contributed by atoms with Gasteiger partial charge in [0.1, 0.15) is 11.6 Å². The molecule has 1 amide bonds. The van der Waals surface area contributed by atoms with Gasteiger partial charge in [-0.1, -0.05) is 6.07 Å². The van der Waals surface area contributed by atoms with Crippen molar-refractivity contribution in [3.8, 4) is 0 Å². The summed E-state index contributed by atoms with van der Waals surface area (Å²) in [6.45, 7) is -0.679. The number of carbonyl (C=O) groups is 1. The molecule has 0 spiro atoms. The molecule has 0 atom stereocenters. The molecule has 1 N–H and O–H groups in total. The number of carbonyl (C=O) groups excluding carboxylic acids is 1. The van der Waals surface area contributed by atoms with Gasteiger partial charge < -0.3 is 5.32 Å². The molecule has 8 nitrogen and oxygen atoms in total. The maximum Gasteiger partial charge on any atom is 0.270 e. The van der Waals surface area contributed by atoms with Crippen LogP contribution in [0.5, 0.6) is 0 Å². The smallest absolute Gasteiger partial charge is 0.270 e. The van der Waals surface area contributed by atoms with E-state index in [2.05, 4.69) is 5.32 Å². The Hall–Kier alpha value is -2.92. The zero-order valence-corrected chi connectivity index (χ0v) is 14.2. The third kappa shape index (κ3) is 4.37. The monoisotopic (exact) mass is 385 g/mol. The highest BCUT2D eigenvalue weighted by Crippen LogP contribution is 2.20. The van der Waals surface area contributed by atoms with Crippen molar-refractivity contribution in [2.45, 2.75) is 4.90 Å². The van der Waals surface area contributed by atoms with Crippen LogP contribution in [0.3, 0.4) is 0 Å². The third-order valence-electron chi connectivity index (χ3n) is 3.31. The summed E-state index contributed by atoms with van der Waals surface area (Å²) in [5.41, 5.74) is -0.727. The Morgan fingerprint density at radius 2 is 1.92 bits per heavy atom. The van der Waals surface area contributed by atoms with E-state index in [4.69, 9.17) is 0 Å². The second kappa shape index (κ2) is 7.54. The van der Waals surface area contributed by atoms with Gasteiger partial charge in [-0.15, -0.1) is 0 Å². The number of nitro groups is 1. The Morgan fingerprint density at radius 1 is 1.23 bits per heavy atom. The lowest BCUT2D eigenvalue weighted by molar-refractivity contribution is -0.385. The molecule has 26 heavy (non-hydrogen) atoms. The van der Waals surface area contributed by atoms with Gasteiger partial charge in [0.25, 0.3) is 5.69 Å². The van der Waals surface area contributed by atoms with E-state index in [1.807, 2.05) is 0 Å². The zero-order valence-electron chi connectivity index (χ0n) is 13.3. The number of likely N-dealkylation sites (N-methyl/N-ethyl adjacent to an activating group) is 1. The van der Waals surface area contributed by atoms with Gasteiger partial charge >= 0.3 is 0 Å². The van der Waals surface area contributed by atoms with Gasteiger partial charge in [0.05, 0.1) is 22.1 Å². The maximum atomic E-state index is 13.5. The minimum atomic E-state index is -4.18. The number of nitrogens with zero attached hydrogens (tertiary/aromatic N) is 2. The summed E-state index contributed by atoms with van der Waals surface area (Å²) in [6, 6.07) is 6.84. The summed E-state index contributed by atoms with van der Waals surface area (Å²) in [5.74, 6) is -2.71. The Kier molecular flexibility index (Phi) is 5.63. The van der Waals surface area contributed by atoms with Crippen LogP contribution in [0.2, 0.25) is 0 Å². The summed E-state index contributed by atoms with van der Waals surface area (Å²) in [6.07, 6.45) is 0. The zero-order chi connectivity index (χ0) is 19.5. The molecule has 0 heterocycles. The predicted molar refractivity (Wildman–Crippen MR) is 87.9 cm³/mol. The molecule has 0 aliphatic rings. The lowest BCUT2D eigenvalue weighted by Gasteiger charge is -2.17. The molecule has 0 radical (unpaired) electrons. The van der Waals surface area contributed by atoms with Crippen LogP contribution in [0, 0.1) is 21.7 Å². The number of nitro benzene ring substituents is 1. The predicted octanol–water partition coefficient (Wildman–Crippen LogP) is 2.13. The number of sulfonamides is 1. The van der Waals surface area contributed by atoms with Gasteiger partial charge in [0.15, 0.2) is 0 Å². The first-order valence-corrected chi connectivity index (χ1v) is 8.51. The Bertz CT molecular complexity index is 966. The van der Waals surface area contributed by atoms with E-state index in [0.29, 0.717) is 10.4 Å². The van der Waals surface area contributed by atoms with E-state index in [1.54, 1.807) is 0 Å². The van der Waals surface area contributed by atoms with E-state index < -0.39 is 44.7 Å². The second-order valence-corrected chi connectivity index (χ2v) is 7.23. The van der Waals surface area contributed by atoms with Crippen molar-refractivity contribution in [1.29, 1.82) is 0 Å². The van der Waals surface area contributed by atoms with Crippen molar-refractivity contribution < 1.29 is 26.9 Å². The van der Waals surface area contributed by atoms with Crippen LogP contribution in [-0.4, -0.2) is 37.1 Å². The van der Waals surface area contributed by atoms with Gasteiger partial charge in [0, 0.05) is 25.2 Å². The number of rotatable bonds is 6. The highest BCUT2D eigenvalue weighted by atomic mass is 32.2. The first-order valence-electron chi connectivity index (χ1n) is 7.07. The quantitative estimate of drug-likeness (QED) is 0.605. The van der Waals surface area contributed by atoms with Gasteiger partial charge in [-0.25, -0.2) is 17.2 Å². The lowest BCUT2D eigenvalue weighted by Crippen LogP contribution is -2.35. The van der Waals surface area contributed by atoms with E-state index in [-0.39, 0.29) is 10.6 Å². The summed E-state index contributed by atoms with van der Waals surface area (Å²) < 4.78 is 51.8. The largest absolute Gasteiger partial charge is 0.322 e. The molecule has 0 unspecified atom stereocenters. The topological polar surface area (TPSA) is 110 Å². The molecule has 0 bridgehead atoms. The fraction of sp³-hybridized carbons (Fsp3) is 0.133. The molecule has 0 aromatic heterocycles. The summed E-state index contributed by atoms with van der Waals surface area (Å²) in [4.78, 5) is 21.6. The minimum absolute atomic E-state index is 0.308. The number of hydrogen-bond donors (Lipinski definition) is 1. The highest BCUT2D eigenvalue weighted by Gasteiger charge is 2.25. The minimum Gasteiger partial charge on any atom is -0.322 e. The first-order chi connectivity index (χ1) is 12.1. The van der Waals surface area contributed by atoms with Crippen molar-refractivity contribution in [3.63, 3.8) is 0 Å². The Morgan fingerprint density at radius 3 is 2.54 bits per heavy atom. The van der Waals surface area contributed by atoms with Crippen LogP contribution in [0.1, 0.15) is 0 Å². The number of benzene rings is 2. The van der Waals surface area contributed by atoms with Crippen LogP contribution >= 0.6 is 0 Å². The van der Waals surface area contributed by atoms with E-state index in [1.165, 1.54) is 6.07 Å². The van der Waals surface area contributed by atoms with Crippen molar-refractivity contribution in [1.82, 2.24) is 4.31 Å². The molecule has 0 aliphatic carbocycles. The third-order valence-corrected chi connectivity index (χ3v) is 5.11. The average Bonchev–Trinajstić information content (AvgIpc) is 2.57. The van der Waals surface area contributed by atoms with Gasteiger partial charge in [-0.05, 0) is 18.2 Å². The lowest BCUT2D eigenvalue weighted by atomic mass is 10.3. The van der Waals surface area contributed by atoms with Crippen LogP contribution < -0.4 is 5.32 Å². The van der Waals surface area contributed by atoms with Crippen LogP contribution in [0.15, 0.2) is 47.4 Å². The van der Waals surface area contributed by atoms with Crippen LogP contribution in [0.25, 0.3) is 0 Å². The van der Waals surface area contributed by atoms with E-state index in [0.717, 1.165) is 37.4 Å². The highest BCUT2D eigenvalue weighted by molar-refractivity contribution is 7.89. The number of anilines is 1. The fourth-order valence-corrected chi connectivity index (χ4v) is 3.17. The fourth-order valence-electron chi connectivity index (χ4n) is 2.01. The van der Waals surface area contributed by atoms with Gasteiger partial charge in [-0.2, -0.15) is 4.31 Å². The number of amides is 1. The van der Waals surface area contributed by atoms with Gasteiger partial charge in [0.2, 0.25) is 15.9 Å². The molecule has 2 aromatic carbocycles. The molecular weight excluding hydrogens is 372 g/mol. The Balaban J connectivity index is 2.14. The maximum absolute atomic E-state index is 13.5. The average molecular weight is 385 g/mol. The summed E-state index contributed by atoms with van der Waals surface area (Å²) in [5, 5.41) is 12.9. The summed E-state index contributed by atoms with van der Waals surface area (Å²) >= 11 is 0. The van der Waals surface area contributed by atoms with E-state index >= 15 is 0 Å². The van der Waals surface area contributed by atoms with Crippen LogP contribution in [0.4, 0.5) is 20.2 Å². The molecule has 2 aromatic rings. The first kappa shape index (κ1) is 19.4. The van der Waals surface area contributed by atoms with Crippen molar-refractivity contribution in [2.24, 2.45) is 0 Å². The molecule has 0 aliphatic heterocycles. The molecule has 0 saturated carbocycles. The number of nitrogens with one attached hydrogen (secondary N) is 1. The second-order valence-electron chi connectivity index (χ2n) is 5.19. The molecule has 138 valence electrons. The van der Waals surface area contributed by atoms with Crippen molar-refractivity contribution >= 4 is 27.3 Å². The number of hydrogen-bond acceptors (Lipinski definition) is 5. The number of non-ortho nitro benzene ring substituents is 1.